The van der Waals surface area contributed by atoms with Crippen LogP contribution in [-0.2, 0) is 16.1 Å². The van der Waals surface area contributed by atoms with Crippen molar-refractivity contribution in [1.29, 1.82) is 0 Å². The molecule has 0 radical (unpaired) electrons. The van der Waals surface area contributed by atoms with E-state index in [1.807, 2.05) is 17.9 Å². The first kappa shape index (κ1) is 19.7. The molecule has 3 aromatic rings. The predicted octanol–water partition coefficient (Wildman–Crippen LogP) is 4.47. The van der Waals surface area contributed by atoms with Crippen molar-refractivity contribution in [3.05, 3.63) is 58.6 Å². The largest absolute Gasteiger partial charge is 0.466 e. The smallest absolute Gasteiger partial charge is 0.310 e. The number of fused-ring (bicyclic) bond motifs is 1. The number of piperidine rings is 1. The summed E-state index contributed by atoms with van der Waals surface area (Å²) < 4.78 is 8.40. The van der Waals surface area contributed by atoms with Gasteiger partial charge in [0.15, 0.2) is 0 Å². The maximum atomic E-state index is 13.4. The van der Waals surface area contributed by atoms with Crippen molar-refractivity contribution in [2.24, 2.45) is 5.92 Å². The SMILES string of the molecule is CCOC(=O)C1CCCN(C(=O)c2cc3sccc3n2Cc2ccc(C)cc2)C1. The van der Waals surface area contributed by atoms with E-state index in [0.29, 0.717) is 31.9 Å². The first-order valence-electron chi connectivity index (χ1n) is 10.1. The Hall–Kier alpha value is -2.60. The number of esters is 1. The summed E-state index contributed by atoms with van der Waals surface area (Å²) in [5.41, 5.74) is 4.16. The van der Waals surface area contributed by atoms with Gasteiger partial charge >= 0.3 is 5.97 Å². The van der Waals surface area contributed by atoms with Gasteiger partial charge in [0.05, 0.1) is 22.7 Å². The minimum absolute atomic E-state index is 0.00508. The number of aromatic nitrogens is 1. The molecule has 1 atom stereocenters. The van der Waals surface area contributed by atoms with Gasteiger partial charge in [0.25, 0.3) is 5.91 Å². The predicted molar refractivity (Wildman–Crippen MR) is 115 cm³/mol. The third kappa shape index (κ3) is 4.08. The van der Waals surface area contributed by atoms with Crippen molar-refractivity contribution in [3.63, 3.8) is 0 Å². The van der Waals surface area contributed by atoms with Gasteiger partial charge in [-0.15, -0.1) is 11.3 Å². The summed E-state index contributed by atoms with van der Waals surface area (Å²) in [5.74, 6) is -0.426. The Bertz CT molecular complexity index is 1020. The number of thiophene rings is 1. The molecule has 0 N–H and O–H groups in total. The minimum Gasteiger partial charge on any atom is -0.466 e. The maximum Gasteiger partial charge on any atom is 0.310 e. The number of rotatable bonds is 5. The molecule has 1 saturated heterocycles. The molecule has 0 aliphatic carbocycles. The highest BCUT2D eigenvalue weighted by Gasteiger charge is 2.31. The highest BCUT2D eigenvalue weighted by molar-refractivity contribution is 7.17. The maximum absolute atomic E-state index is 13.4. The lowest BCUT2D eigenvalue weighted by atomic mass is 9.98. The van der Waals surface area contributed by atoms with E-state index in [1.54, 1.807) is 11.3 Å². The van der Waals surface area contributed by atoms with Gasteiger partial charge in [-0.05, 0) is 49.8 Å². The van der Waals surface area contributed by atoms with Crippen molar-refractivity contribution in [1.82, 2.24) is 9.47 Å². The number of benzene rings is 1. The lowest BCUT2D eigenvalue weighted by Gasteiger charge is -2.31. The Morgan fingerprint density at radius 3 is 2.76 bits per heavy atom. The second-order valence-corrected chi connectivity index (χ2v) is 8.56. The van der Waals surface area contributed by atoms with E-state index in [2.05, 4.69) is 47.2 Å². The Morgan fingerprint density at radius 1 is 1.21 bits per heavy atom. The third-order valence-corrected chi connectivity index (χ3v) is 6.38. The molecule has 1 aromatic carbocycles. The molecule has 1 aliphatic rings. The number of carbonyl (C=O) groups excluding carboxylic acids is 2. The number of likely N-dealkylation sites (tertiary alicyclic amines) is 1. The van der Waals surface area contributed by atoms with Gasteiger partial charge in [0, 0.05) is 19.6 Å². The quantitative estimate of drug-likeness (QED) is 0.583. The summed E-state index contributed by atoms with van der Waals surface area (Å²) in [7, 11) is 0. The fraction of sp³-hybridized carbons (Fsp3) is 0.391. The van der Waals surface area contributed by atoms with Crippen LogP contribution < -0.4 is 0 Å². The van der Waals surface area contributed by atoms with E-state index in [4.69, 9.17) is 4.74 Å². The zero-order valence-electron chi connectivity index (χ0n) is 16.9. The van der Waals surface area contributed by atoms with Gasteiger partial charge in [-0.25, -0.2) is 0 Å². The monoisotopic (exact) mass is 410 g/mol. The Balaban J connectivity index is 1.61. The van der Waals surface area contributed by atoms with Crippen LogP contribution in [0.1, 0.15) is 41.4 Å². The molecule has 6 heteroatoms. The van der Waals surface area contributed by atoms with Crippen molar-refractivity contribution < 1.29 is 14.3 Å². The highest BCUT2D eigenvalue weighted by Crippen LogP contribution is 2.28. The van der Waals surface area contributed by atoms with E-state index in [9.17, 15) is 9.59 Å². The van der Waals surface area contributed by atoms with Crippen LogP contribution >= 0.6 is 11.3 Å². The van der Waals surface area contributed by atoms with Gasteiger partial charge in [0.2, 0.25) is 0 Å². The van der Waals surface area contributed by atoms with Gasteiger partial charge in [-0.1, -0.05) is 29.8 Å². The fourth-order valence-corrected chi connectivity index (χ4v) is 4.80. The molecular weight excluding hydrogens is 384 g/mol. The van der Waals surface area contributed by atoms with E-state index < -0.39 is 0 Å². The van der Waals surface area contributed by atoms with Crippen molar-refractivity contribution in [3.8, 4) is 0 Å². The summed E-state index contributed by atoms with van der Waals surface area (Å²) in [6, 6.07) is 12.5. The number of ether oxygens (including phenoxy) is 1. The molecule has 1 fully saturated rings. The molecule has 29 heavy (non-hydrogen) atoms. The Morgan fingerprint density at radius 2 is 2.00 bits per heavy atom. The van der Waals surface area contributed by atoms with E-state index >= 15 is 0 Å². The second kappa shape index (κ2) is 8.41. The summed E-state index contributed by atoms with van der Waals surface area (Å²) in [6.45, 7) is 6.02. The zero-order valence-corrected chi connectivity index (χ0v) is 17.7. The fourth-order valence-electron chi connectivity index (χ4n) is 3.98. The molecule has 1 unspecified atom stereocenters. The Labute approximate surface area is 174 Å². The third-order valence-electron chi connectivity index (χ3n) is 5.53. The van der Waals surface area contributed by atoms with E-state index in [0.717, 1.165) is 28.6 Å². The molecule has 152 valence electrons. The average Bonchev–Trinajstić information content (AvgIpc) is 3.32. The van der Waals surface area contributed by atoms with Gasteiger partial charge < -0.3 is 14.2 Å². The van der Waals surface area contributed by atoms with Crippen LogP contribution in [-0.4, -0.2) is 41.0 Å². The summed E-state index contributed by atoms with van der Waals surface area (Å²) in [6.07, 6.45) is 1.60. The number of carbonyl (C=O) groups is 2. The van der Waals surface area contributed by atoms with Crippen LogP contribution in [0, 0.1) is 12.8 Å². The lowest BCUT2D eigenvalue weighted by molar-refractivity contribution is -0.149. The first-order chi connectivity index (χ1) is 14.1. The van der Waals surface area contributed by atoms with Crippen LogP contribution in [0.5, 0.6) is 0 Å². The molecule has 0 bridgehead atoms. The summed E-state index contributed by atoms with van der Waals surface area (Å²) >= 11 is 1.65. The minimum atomic E-state index is -0.228. The molecular formula is C23H26N2O3S. The van der Waals surface area contributed by atoms with Crippen LogP contribution in [0.25, 0.3) is 10.2 Å². The molecule has 0 spiro atoms. The van der Waals surface area contributed by atoms with Crippen molar-refractivity contribution >= 4 is 33.4 Å². The number of amides is 1. The number of hydrogen-bond donors (Lipinski definition) is 0. The van der Waals surface area contributed by atoms with Gasteiger partial charge in [0.1, 0.15) is 5.69 Å². The van der Waals surface area contributed by atoms with Crippen molar-refractivity contribution in [2.45, 2.75) is 33.2 Å². The molecule has 3 heterocycles. The summed E-state index contributed by atoms with van der Waals surface area (Å²) in [4.78, 5) is 27.4. The highest BCUT2D eigenvalue weighted by atomic mass is 32.1. The van der Waals surface area contributed by atoms with Crippen LogP contribution in [0.15, 0.2) is 41.8 Å². The second-order valence-electron chi connectivity index (χ2n) is 7.61. The van der Waals surface area contributed by atoms with E-state index in [-0.39, 0.29) is 17.8 Å². The van der Waals surface area contributed by atoms with Crippen LogP contribution in [0.3, 0.4) is 0 Å². The number of hydrogen-bond acceptors (Lipinski definition) is 4. The number of nitrogens with zero attached hydrogens (tertiary/aromatic N) is 2. The lowest BCUT2D eigenvalue weighted by Crippen LogP contribution is -2.43. The number of aryl methyl sites for hydroxylation is 1. The standard InChI is InChI=1S/C23H26N2O3S/c1-3-28-23(27)18-5-4-11-24(15-18)22(26)20-13-21-19(10-12-29-21)25(20)14-17-8-6-16(2)7-9-17/h6-10,12-13,18H,3-5,11,14-15H2,1-2H3. The topological polar surface area (TPSA) is 51.5 Å². The normalized spacial score (nSPS) is 16.9. The van der Waals surface area contributed by atoms with Crippen molar-refractivity contribution in [2.75, 3.05) is 19.7 Å². The van der Waals surface area contributed by atoms with Crippen LogP contribution in [0.4, 0.5) is 0 Å². The summed E-state index contributed by atoms with van der Waals surface area (Å²) in [5, 5.41) is 2.06. The molecule has 0 saturated carbocycles. The molecule has 5 nitrogen and oxygen atoms in total. The molecule has 4 rings (SSSR count). The first-order valence-corrected chi connectivity index (χ1v) is 11.0. The molecule has 1 aliphatic heterocycles. The van der Waals surface area contributed by atoms with Gasteiger partial charge in [-0.3, -0.25) is 9.59 Å². The molecule has 1 amide bonds. The Kier molecular flexibility index (Phi) is 5.72. The molecule has 2 aromatic heterocycles. The van der Waals surface area contributed by atoms with Crippen LogP contribution in [0.2, 0.25) is 0 Å². The van der Waals surface area contributed by atoms with E-state index in [1.165, 1.54) is 5.56 Å². The van der Waals surface area contributed by atoms with Gasteiger partial charge in [-0.2, -0.15) is 0 Å². The average molecular weight is 411 g/mol. The zero-order chi connectivity index (χ0) is 20.4.